The van der Waals surface area contributed by atoms with Crippen molar-refractivity contribution >= 4 is 66.7 Å². The van der Waals surface area contributed by atoms with Gasteiger partial charge in [0.05, 0.1) is 40.8 Å². The van der Waals surface area contributed by atoms with Gasteiger partial charge in [-0.15, -0.1) is 0 Å². The molecule has 40 heavy (non-hydrogen) atoms. The van der Waals surface area contributed by atoms with Gasteiger partial charge in [-0.2, -0.15) is 19.2 Å². The van der Waals surface area contributed by atoms with E-state index < -0.39 is 0 Å². The lowest BCUT2D eigenvalue weighted by atomic mass is 10.1. The second-order valence-corrected chi connectivity index (χ2v) is 11.1. The molecule has 0 radical (unpaired) electrons. The molecule has 5 rings (SSSR count). The zero-order valence-electron chi connectivity index (χ0n) is 22.8. The van der Waals surface area contributed by atoms with Crippen LogP contribution in [0.3, 0.4) is 0 Å². The largest absolute Gasteiger partial charge is 0.466 e. The van der Waals surface area contributed by atoms with Crippen LogP contribution in [0, 0.1) is 13.8 Å². The van der Waals surface area contributed by atoms with Crippen molar-refractivity contribution in [2.45, 2.75) is 33.6 Å². The summed E-state index contributed by atoms with van der Waals surface area (Å²) in [6.45, 7) is 9.13. The Labute approximate surface area is 248 Å². The van der Waals surface area contributed by atoms with Crippen molar-refractivity contribution < 1.29 is 14.3 Å². The molecule has 214 valence electrons. The number of nitrogens with two attached hydrogens (primary N) is 2. The smallest absolute Gasteiger partial charge is 0.310 e. The highest BCUT2D eigenvalue weighted by molar-refractivity contribution is 9.11. The van der Waals surface area contributed by atoms with Gasteiger partial charge < -0.3 is 26.0 Å². The van der Waals surface area contributed by atoms with Crippen LogP contribution in [0.15, 0.2) is 21.3 Å². The van der Waals surface area contributed by atoms with Crippen LogP contribution in [0.1, 0.15) is 29.4 Å². The molecule has 15 heteroatoms. The number of aryl methyl sites for hydroxylation is 2. The minimum Gasteiger partial charge on any atom is -0.466 e. The van der Waals surface area contributed by atoms with Gasteiger partial charge in [0, 0.05) is 48.7 Å². The number of halogens is 2. The van der Waals surface area contributed by atoms with E-state index in [0.29, 0.717) is 40.8 Å². The maximum absolute atomic E-state index is 12.5. The molecular weight excluding hydrogens is 648 g/mol. The minimum atomic E-state index is -0.320. The quantitative estimate of drug-likeness (QED) is 0.299. The average molecular weight is 680 g/mol. The van der Waals surface area contributed by atoms with E-state index in [-0.39, 0.29) is 24.7 Å². The molecule has 1 aliphatic heterocycles. The lowest BCUT2D eigenvalue weighted by Gasteiger charge is -2.32. The molecule has 1 saturated heterocycles. The number of nitrogen functional groups attached to an aromatic ring is 2. The van der Waals surface area contributed by atoms with Gasteiger partial charge in [0.15, 0.2) is 11.3 Å². The van der Waals surface area contributed by atoms with Crippen molar-refractivity contribution in [1.29, 1.82) is 0 Å². The number of hydrogen-bond acceptors (Lipinski definition) is 10. The number of carbonyl (C=O) groups is 2. The fourth-order valence-corrected chi connectivity index (χ4v) is 5.09. The fourth-order valence-electron chi connectivity index (χ4n) is 4.39. The van der Waals surface area contributed by atoms with E-state index in [2.05, 4.69) is 64.0 Å². The zero-order valence-corrected chi connectivity index (χ0v) is 26.0. The second kappa shape index (κ2) is 12.5. The molecule has 4 aromatic rings. The van der Waals surface area contributed by atoms with E-state index >= 15 is 0 Å². The van der Waals surface area contributed by atoms with Crippen molar-refractivity contribution in [3.63, 3.8) is 0 Å². The molecule has 0 aromatic carbocycles. The predicted molar refractivity (Wildman–Crippen MR) is 158 cm³/mol. The Morgan fingerprint density at radius 3 is 1.82 bits per heavy atom. The number of nitrogens with zero attached hydrogens (tertiary/aromatic N) is 8. The van der Waals surface area contributed by atoms with Gasteiger partial charge in [-0.25, -0.2) is 9.97 Å². The normalized spacial score (nSPS) is 13.9. The molecule has 4 N–H and O–H groups in total. The van der Waals surface area contributed by atoms with E-state index in [1.807, 2.05) is 18.7 Å². The molecule has 0 saturated carbocycles. The summed E-state index contributed by atoms with van der Waals surface area (Å²) in [5.74, 6) is 0.668. The number of piperazine rings is 1. The number of aromatic nitrogens is 6. The number of hydrogen-bond donors (Lipinski definition) is 2. The number of carbonyl (C=O) groups excluding carboxylic acids is 2. The van der Waals surface area contributed by atoms with Gasteiger partial charge in [0.1, 0.15) is 11.6 Å². The number of rotatable bonds is 5. The average Bonchev–Trinajstić information content (AvgIpc) is 3.47. The fraction of sp³-hybridized carbons (Fsp3) is 0.440. The molecule has 1 fully saturated rings. The maximum atomic E-state index is 12.5. The first-order valence-electron chi connectivity index (χ1n) is 12.7. The molecule has 0 aliphatic carbocycles. The summed E-state index contributed by atoms with van der Waals surface area (Å²) in [6.07, 6.45) is 3.64. The number of anilines is 2. The molecule has 13 nitrogen and oxygen atoms in total. The highest BCUT2D eigenvalue weighted by Crippen LogP contribution is 2.24. The van der Waals surface area contributed by atoms with Crippen molar-refractivity contribution in [3.05, 3.63) is 43.9 Å². The van der Waals surface area contributed by atoms with Crippen molar-refractivity contribution in [2.75, 3.05) is 51.3 Å². The summed E-state index contributed by atoms with van der Waals surface area (Å²) in [5.41, 5.74) is 16.4. The lowest BCUT2D eigenvalue weighted by Crippen LogP contribution is -2.47. The molecular formula is C25H32Br2N10O3. The summed E-state index contributed by atoms with van der Waals surface area (Å²) >= 11 is 6.74. The van der Waals surface area contributed by atoms with Gasteiger partial charge in [0.25, 0.3) is 0 Å². The summed E-state index contributed by atoms with van der Waals surface area (Å²) in [4.78, 5) is 37.0. The minimum absolute atomic E-state index is 0.0928. The van der Waals surface area contributed by atoms with Gasteiger partial charge in [-0.1, -0.05) is 0 Å². The van der Waals surface area contributed by atoms with Crippen molar-refractivity contribution in [3.8, 4) is 0 Å². The molecule has 4 aromatic heterocycles. The van der Waals surface area contributed by atoms with E-state index in [1.54, 1.807) is 23.8 Å². The third-order valence-electron chi connectivity index (χ3n) is 6.71. The van der Waals surface area contributed by atoms with Crippen molar-refractivity contribution in [1.82, 2.24) is 39.0 Å². The highest BCUT2D eigenvalue weighted by atomic mass is 79.9. The highest BCUT2D eigenvalue weighted by Gasteiger charge is 2.22. The van der Waals surface area contributed by atoms with E-state index in [0.717, 1.165) is 46.4 Å². The summed E-state index contributed by atoms with van der Waals surface area (Å²) < 4.78 is 9.55. The Morgan fingerprint density at radius 1 is 0.875 bits per heavy atom. The first kappa shape index (κ1) is 29.7. The van der Waals surface area contributed by atoms with Crippen LogP contribution in [-0.2, 0) is 27.2 Å². The molecule has 5 heterocycles. The predicted octanol–water partition coefficient (Wildman–Crippen LogP) is 2.19. The van der Waals surface area contributed by atoms with E-state index in [4.69, 9.17) is 16.2 Å². The molecule has 1 aliphatic rings. The van der Waals surface area contributed by atoms with Gasteiger partial charge >= 0.3 is 5.97 Å². The number of ether oxygens (including phenoxy) is 1. The van der Waals surface area contributed by atoms with Crippen LogP contribution < -0.4 is 11.5 Å². The van der Waals surface area contributed by atoms with Crippen LogP contribution in [0.5, 0.6) is 0 Å². The number of fused-ring (bicyclic) bond motifs is 2. The number of esters is 1. The Balaban J connectivity index is 0.000000189. The van der Waals surface area contributed by atoms with E-state index in [1.165, 1.54) is 4.52 Å². The Morgan fingerprint density at radius 2 is 1.35 bits per heavy atom. The van der Waals surface area contributed by atoms with Crippen molar-refractivity contribution in [2.24, 2.45) is 0 Å². The van der Waals surface area contributed by atoms with Crippen LogP contribution in [-0.4, -0.2) is 90.7 Å². The van der Waals surface area contributed by atoms with Crippen LogP contribution in [0.25, 0.3) is 11.3 Å². The first-order valence-corrected chi connectivity index (χ1v) is 14.3. The monoisotopic (exact) mass is 678 g/mol. The molecule has 0 spiro atoms. The molecule has 0 bridgehead atoms. The Hall–Kier alpha value is -3.30. The third-order valence-corrected chi connectivity index (χ3v) is 7.83. The lowest BCUT2D eigenvalue weighted by molar-refractivity contribution is -0.142. The molecule has 0 unspecified atom stereocenters. The van der Waals surface area contributed by atoms with Crippen LogP contribution >= 0.6 is 31.9 Å². The summed E-state index contributed by atoms with van der Waals surface area (Å²) in [6, 6.07) is 0. The number of likely N-dealkylation sites (N-methyl/N-ethyl adjacent to an activating group) is 1. The van der Waals surface area contributed by atoms with Gasteiger partial charge in [-0.3, -0.25) is 9.59 Å². The summed E-state index contributed by atoms with van der Waals surface area (Å²) in [7, 11) is 2.07. The molecule has 0 atom stereocenters. The zero-order chi connectivity index (χ0) is 29.1. The SMILES string of the molecule is CCOC(=O)Cc1c(C)nc2c(Br)cnn2c1N.Cc1nc2c(Br)cnn2c(N)c1CC(=O)N1CCN(C)CC1. The topological polar surface area (TPSA) is 162 Å². The standard InChI is InChI=1S/C14H19BrN6O.C11H13BrN4O2/c1-9-10(7-12(22)20-5-3-19(2)4-6-20)13(16)21-14(18-9)11(15)8-17-21;1-3-18-9(17)4-7-6(2)15-11-8(12)5-14-16(11)10(7)13/h8H,3-7,16H2,1-2H3;5H,3-4,13H2,1-2H3. The Kier molecular flexibility index (Phi) is 9.26. The second-order valence-electron chi connectivity index (χ2n) is 9.42. The summed E-state index contributed by atoms with van der Waals surface area (Å²) in [5, 5.41) is 8.30. The van der Waals surface area contributed by atoms with Gasteiger partial charge in [0.2, 0.25) is 5.91 Å². The van der Waals surface area contributed by atoms with Crippen LogP contribution in [0.4, 0.5) is 11.6 Å². The van der Waals surface area contributed by atoms with Crippen LogP contribution in [0.2, 0.25) is 0 Å². The maximum Gasteiger partial charge on any atom is 0.310 e. The Bertz CT molecular complexity index is 1560. The van der Waals surface area contributed by atoms with E-state index in [9.17, 15) is 9.59 Å². The number of amides is 1. The van der Waals surface area contributed by atoms with Gasteiger partial charge in [-0.05, 0) is 59.7 Å². The third kappa shape index (κ3) is 6.20. The molecule has 1 amide bonds. The first-order chi connectivity index (χ1) is 19.0.